The van der Waals surface area contributed by atoms with Gasteiger partial charge < -0.3 is 19.4 Å². The second kappa shape index (κ2) is 11.8. The Hall–Kier alpha value is -3.78. The summed E-state index contributed by atoms with van der Waals surface area (Å²) in [5, 5.41) is 14.0. The SMILES string of the molecule is C=C(F)C(=O)N1CCN(c2nc(OC[C@@H]3CCCN3C)nc3cc(-c4cccc5ccsc45)c(Cl)cc23)C[C@@H]1CC#N. The molecule has 2 aliphatic heterocycles. The van der Waals surface area contributed by atoms with Crippen molar-refractivity contribution in [2.24, 2.45) is 0 Å². The highest BCUT2D eigenvalue weighted by molar-refractivity contribution is 7.17. The van der Waals surface area contributed by atoms with Crippen LogP contribution in [0.25, 0.3) is 32.1 Å². The lowest BCUT2D eigenvalue weighted by atomic mass is 10.0. The topological polar surface area (TPSA) is 85.6 Å². The van der Waals surface area contributed by atoms with E-state index in [-0.39, 0.29) is 31.6 Å². The summed E-state index contributed by atoms with van der Waals surface area (Å²) in [6, 6.07) is 14.2. The highest BCUT2D eigenvalue weighted by Gasteiger charge is 2.33. The summed E-state index contributed by atoms with van der Waals surface area (Å²) in [6.45, 7) is 5.55. The van der Waals surface area contributed by atoms with E-state index in [0.717, 1.165) is 46.0 Å². The van der Waals surface area contributed by atoms with Crippen molar-refractivity contribution in [3.63, 3.8) is 0 Å². The quantitative estimate of drug-likeness (QED) is 0.237. The maximum atomic E-state index is 13.8. The number of amides is 1. The largest absolute Gasteiger partial charge is 0.462 e. The van der Waals surface area contributed by atoms with Crippen LogP contribution >= 0.6 is 22.9 Å². The molecule has 4 heterocycles. The van der Waals surface area contributed by atoms with Crippen LogP contribution in [-0.2, 0) is 4.79 Å². The number of likely N-dealkylation sites (tertiary alicyclic amines) is 1. The molecular weight excluding hydrogens is 575 g/mol. The Balaban J connectivity index is 1.42. The Kier molecular flexibility index (Phi) is 7.99. The van der Waals surface area contributed by atoms with E-state index in [1.165, 1.54) is 4.90 Å². The maximum absolute atomic E-state index is 13.8. The van der Waals surface area contributed by atoms with Gasteiger partial charge >= 0.3 is 6.01 Å². The lowest BCUT2D eigenvalue weighted by Gasteiger charge is -2.41. The number of carbonyl (C=O) groups is 1. The van der Waals surface area contributed by atoms with Crippen molar-refractivity contribution in [2.75, 3.05) is 44.7 Å². The van der Waals surface area contributed by atoms with E-state index in [1.54, 1.807) is 11.3 Å². The number of carbonyl (C=O) groups excluding carboxylic acids is 1. The Labute approximate surface area is 252 Å². The van der Waals surface area contributed by atoms with E-state index < -0.39 is 17.8 Å². The van der Waals surface area contributed by atoms with Gasteiger partial charge in [-0.3, -0.25) is 4.79 Å². The number of halogens is 2. The Morgan fingerprint density at radius 1 is 1.21 bits per heavy atom. The number of thiophene rings is 1. The molecule has 0 saturated carbocycles. The number of fused-ring (bicyclic) bond motifs is 2. The van der Waals surface area contributed by atoms with Gasteiger partial charge in [0.1, 0.15) is 12.4 Å². The number of piperazine rings is 1. The van der Waals surface area contributed by atoms with Crippen LogP contribution in [0.4, 0.5) is 10.2 Å². The summed E-state index contributed by atoms with van der Waals surface area (Å²) in [5.74, 6) is -1.22. The van der Waals surface area contributed by atoms with Crippen molar-refractivity contribution >= 4 is 55.7 Å². The van der Waals surface area contributed by atoms with Crippen LogP contribution in [0, 0.1) is 11.3 Å². The molecule has 2 aromatic heterocycles. The fourth-order valence-electron chi connectivity index (χ4n) is 5.94. The standard InChI is InChI=1S/C31H30ClFN6O2S/c1-19(33)30(40)39-13-12-38(17-21(39)8-10-34)29-25-15-26(32)24(23-7-3-5-20-9-14-42-28(20)23)16-27(25)35-31(36-29)41-18-22-6-4-11-37(22)2/h3,5,7,9,14-16,21-22H,1,4,6,8,11-13,17-18H2,2H3/t21-,22-/m0/s1. The molecule has 2 atom stereocenters. The van der Waals surface area contributed by atoms with E-state index in [1.807, 2.05) is 23.1 Å². The number of likely N-dealkylation sites (N-methyl/N-ethyl adjacent to an activating group) is 1. The monoisotopic (exact) mass is 604 g/mol. The first-order valence-electron chi connectivity index (χ1n) is 13.9. The Bertz CT molecular complexity index is 1720. The first kappa shape index (κ1) is 28.3. The Morgan fingerprint density at radius 2 is 2.07 bits per heavy atom. The van der Waals surface area contributed by atoms with Gasteiger partial charge in [-0.1, -0.05) is 36.4 Å². The predicted octanol–water partition coefficient (Wildman–Crippen LogP) is 6.05. The average Bonchev–Trinajstić information content (AvgIpc) is 3.64. The van der Waals surface area contributed by atoms with Crippen molar-refractivity contribution in [3.05, 3.63) is 59.2 Å². The van der Waals surface area contributed by atoms with E-state index in [2.05, 4.69) is 48.2 Å². The summed E-state index contributed by atoms with van der Waals surface area (Å²) in [7, 11) is 2.09. The molecule has 216 valence electrons. The third kappa shape index (κ3) is 5.40. The zero-order valence-corrected chi connectivity index (χ0v) is 24.8. The lowest BCUT2D eigenvalue weighted by molar-refractivity contribution is -0.131. The molecular formula is C31H30ClFN6O2S. The Morgan fingerprint density at radius 3 is 2.83 bits per heavy atom. The van der Waals surface area contributed by atoms with Gasteiger partial charge in [-0.05, 0) is 55.4 Å². The van der Waals surface area contributed by atoms with Crippen LogP contribution in [0.2, 0.25) is 5.02 Å². The number of nitriles is 1. The third-order valence-electron chi connectivity index (χ3n) is 8.19. The maximum Gasteiger partial charge on any atom is 0.319 e. The van der Waals surface area contributed by atoms with Gasteiger partial charge in [-0.2, -0.15) is 15.2 Å². The van der Waals surface area contributed by atoms with Crippen molar-refractivity contribution in [1.29, 1.82) is 5.26 Å². The minimum absolute atomic E-state index is 0.0473. The zero-order chi connectivity index (χ0) is 29.4. The smallest absolute Gasteiger partial charge is 0.319 e. The van der Waals surface area contributed by atoms with Gasteiger partial charge in [0.15, 0.2) is 5.83 Å². The van der Waals surface area contributed by atoms with Crippen molar-refractivity contribution in [3.8, 4) is 23.2 Å². The molecule has 0 N–H and O–H groups in total. The first-order chi connectivity index (χ1) is 20.3. The van der Waals surface area contributed by atoms with E-state index in [0.29, 0.717) is 29.5 Å². The van der Waals surface area contributed by atoms with Crippen LogP contribution in [0.5, 0.6) is 6.01 Å². The molecule has 1 amide bonds. The van der Waals surface area contributed by atoms with E-state index in [9.17, 15) is 14.4 Å². The van der Waals surface area contributed by atoms with Gasteiger partial charge in [0, 0.05) is 51.9 Å². The first-order valence-corrected chi connectivity index (χ1v) is 15.2. The van der Waals surface area contributed by atoms with E-state index >= 15 is 0 Å². The second-order valence-corrected chi connectivity index (χ2v) is 12.1. The molecule has 2 aromatic carbocycles. The van der Waals surface area contributed by atoms with Gasteiger partial charge in [0.2, 0.25) is 0 Å². The molecule has 0 radical (unpaired) electrons. The van der Waals surface area contributed by atoms with Gasteiger partial charge in [0.25, 0.3) is 5.91 Å². The predicted molar refractivity (Wildman–Crippen MR) is 165 cm³/mol. The van der Waals surface area contributed by atoms with Crippen molar-refractivity contribution in [1.82, 2.24) is 19.8 Å². The van der Waals surface area contributed by atoms with Crippen LogP contribution in [-0.4, -0.2) is 77.6 Å². The highest BCUT2D eigenvalue weighted by atomic mass is 35.5. The van der Waals surface area contributed by atoms with Crippen LogP contribution in [0.15, 0.2) is 54.2 Å². The fourth-order valence-corrected chi connectivity index (χ4v) is 7.13. The van der Waals surface area contributed by atoms with Crippen LogP contribution < -0.4 is 9.64 Å². The number of anilines is 1. The van der Waals surface area contributed by atoms with Gasteiger partial charge in [-0.15, -0.1) is 11.3 Å². The number of hydrogen-bond donors (Lipinski definition) is 0. The third-order valence-corrected chi connectivity index (χ3v) is 9.47. The van der Waals surface area contributed by atoms with Crippen molar-refractivity contribution in [2.45, 2.75) is 31.3 Å². The molecule has 2 aliphatic rings. The normalized spacial score (nSPS) is 19.4. The summed E-state index contributed by atoms with van der Waals surface area (Å²) in [4.78, 5) is 27.8. The molecule has 42 heavy (non-hydrogen) atoms. The molecule has 0 bridgehead atoms. The molecule has 11 heteroatoms. The minimum atomic E-state index is -1.04. The molecule has 8 nitrogen and oxygen atoms in total. The van der Waals surface area contributed by atoms with E-state index in [4.69, 9.17) is 26.3 Å². The number of rotatable bonds is 7. The summed E-state index contributed by atoms with van der Waals surface area (Å²) < 4.78 is 21.1. The van der Waals surface area contributed by atoms with Crippen LogP contribution in [0.3, 0.4) is 0 Å². The number of ether oxygens (including phenoxy) is 1. The molecule has 4 aromatic rings. The number of benzene rings is 2. The molecule has 0 unspecified atom stereocenters. The molecule has 6 rings (SSSR count). The lowest BCUT2D eigenvalue weighted by Crippen LogP contribution is -2.55. The summed E-state index contributed by atoms with van der Waals surface area (Å²) in [6.07, 6.45) is 2.22. The molecule has 2 fully saturated rings. The fraction of sp³-hybridized carbons (Fsp3) is 0.355. The van der Waals surface area contributed by atoms with Crippen LogP contribution in [0.1, 0.15) is 19.3 Å². The average molecular weight is 605 g/mol. The minimum Gasteiger partial charge on any atom is -0.462 e. The summed E-state index contributed by atoms with van der Waals surface area (Å²) in [5.41, 5.74) is 2.56. The molecule has 0 aliphatic carbocycles. The number of hydrogen-bond acceptors (Lipinski definition) is 8. The van der Waals surface area contributed by atoms with Gasteiger partial charge in [-0.25, -0.2) is 4.39 Å². The number of aromatic nitrogens is 2. The highest BCUT2D eigenvalue weighted by Crippen LogP contribution is 2.40. The van der Waals surface area contributed by atoms with Gasteiger partial charge in [0.05, 0.1) is 24.0 Å². The molecule has 2 saturated heterocycles. The second-order valence-electron chi connectivity index (χ2n) is 10.8. The zero-order valence-electron chi connectivity index (χ0n) is 23.2. The summed E-state index contributed by atoms with van der Waals surface area (Å²) >= 11 is 8.61. The van der Waals surface area contributed by atoms with Crippen molar-refractivity contribution < 1.29 is 13.9 Å². The molecule has 0 spiro atoms. The number of nitrogens with zero attached hydrogens (tertiary/aromatic N) is 6.